The van der Waals surface area contributed by atoms with Crippen LogP contribution in [0.2, 0.25) is 0 Å². The molecular weight excluding hydrogens is 320 g/mol. The summed E-state index contributed by atoms with van der Waals surface area (Å²) in [6.07, 6.45) is 6.91. The van der Waals surface area contributed by atoms with E-state index in [-0.39, 0.29) is 11.8 Å². The van der Waals surface area contributed by atoms with Crippen LogP contribution in [0.5, 0.6) is 0 Å². The number of imidazole rings is 1. The molecule has 0 unspecified atom stereocenters. The Balaban J connectivity index is 1.57. The maximum absolute atomic E-state index is 12.6. The number of rotatable bonds is 7. The molecule has 2 aromatic heterocycles. The van der Waals surface area contributed by atoms with E-state index in [9.17, 15) is 4.79 Å². The highest BCUT2D eigenvalue weighted by Crippen LogP contribution is 2.26. The van der Waals surface area contributed by atoms with Crippen LogP contribution < -0.4 is 0 Å². The van der Waals surface area contributed by atoms with Crippen molar-refractivity contribution in [2.45, 2.75) is 45.1 Å². The van der Waals surface area contributed by atoms with E-state index in [1.807, 2.05) is 24.2 Å². The van der Waals surface area contributed by atoms with E-state index in [1.165, 1.54) is 0 Å². The lowest BCUT2D eigenvalue weighted by atomic mass is 9.96. The highest BCUT2D eigenvalue weighted by molar-refractivity contribution is 5.76. The number of nitrogens with one attached hydrogen (secondary N) is 1. The standard InChI is InChI=1S/C17H26N6O2/c1-13-19-15(21-20-13)5-6-16(24)23-8-3-4-14(12-23)17-18-7-9-22(17)10-11-25-2/h7,9,14H,3-6,8,10-12H2,1-2H3,(H,19,20,21)/t14-/m0/s1. The molecule has 0 spiro atoms. The summed E-state index contributed by atoms with van der Waals surface area (Å²) in [7, 11) is 1.70. The summed E-state index contributed by atoms with van der Waals surface area (Å²) in [6, 6.07) is 0. The molecule has 0 bridgehead atoms. The molecule has 8 nitrogen and oxygen atoms in total. The molecule has 0 radical (unpaired) electrons. The Bertz CT molecular complexity index is 695. The quantitative estimate of drug-likeness (QED) is 0.816. The van der Waals surface area contributed by atoms with Gasteiger partial charge in [-0.3, -0.25) is 9.89 Å². The number of ether oxygens (including phenoxy) is 1. The molecule has 25 heavy (non-hydrogen) atoms. The van der Waals surface area contributed by atoms with Crippen molar-refractivity contribution in [1.82, 2.24) is 29.6 Å². The number of likely N-dealkylation sites (tertiary alicyclic amines) is 1. The Morgan fingerprint density at radius 1 is 1.48 bits per heavy atom. The number of aromatic amines is 1. The van der Waals surface area contributed by atoms with Crippen LogP contribution in [0.4, 0.5) is 0 Å². The van der Waals surface area contributed by atoms with Gasteiger partial charge in [-0.05, 0) is 19.8 Å². The molecule has 1 atom stereocenters. The number of H-pyrrole nitrogens is 1. The van der Waals surface area contributed by atoms with Crippen LogP contribution in [-0.2, 0) is 22.5 Å². The number of carbonyl (C=O) groups excluding carboxylic acids is 1. The third-order valence-corrected chi connectivity index (χ3v) is 4.63. The Morgan fingerprint density at radius 3 is 3.12 bits per heavy atom. The molecule has 136 valence electrons. The molecule has 1 amide bonds. The first-order valence-corrected chi connectivity index (χ1v) is 8.83. The van der Waals surface area contributed by atoms with Gasteiger partial charge in [-0.25, -0.2) is 9.97 Å². The third-order valence-electron chi connectivity index (χ3n) is 4.63. The van der Waals surface area contributed by atoms with E-state index in [2.05, 4.69) is 24.7 Å². The molecule has 1 aliphatic rings. The Morgan fingerprint density at radius 2 is 2.36 bits per heavy atom. The van der Waals surface area contributed by atoms with Gasteiger partial charge in [-0.1, -0.05) is 0 Å². The zero-order valence-electron chi connectivity index (χ0n) is 14.9. The van der Waals surface area contributed by atoms with Gasteiger partial charge in [0.15, 0.2) is 5.82 Å². The van der Waals surface area contributed by atoms with Crippen molar-refractivity contribution in [2.24, 2.45) is 0 Å². The van der Waals surface area contributed by atoms with Crippen LogP contribution in [0, 0.1) is 6.92 Å². The summed E-state index contributed by atoms with van der Waals surface area (Å²) in [5.41, 5.74) is 0. The van der Waals surface area contributed by atoms with Crippen molar-refractivity contribution in [3.63, 3.8) is 0 Å². The molecule has 0 aliphatic carbocycles. The van der Waals surface area contributed by atoms with Crippen LogP contribution in [-0.4, -0.2) is 62.3 Å². The van der Waals surface area contributed by atoms with Crippen molar-refractivity contribution in [3.05, 3.63) is 29.9 Å². The number of aromatic nitrogens is 5. The van der Waals surface area contributed by atoms with Crippen LogP contribution in [0.15, 0.2) is 12.4 Å². The van der Waals surface area contributed by atoms with Crippen molar-refractivity contribution in [2.75, 3.05) is 26.8 Å². The van der Waals surface area contributed by atoms with E-state index in [0.717, 1.165) is 44.1 Å². The number of hydrogen-bond acceptors (Lipinski definition) is 5. The van der Waals surface area contributed by atoms with Gasteiger partial charge in [0.1, 0.15) is 11.6 Å². The summed E-state index contributed by atoms with van der Waals surface area (Å²) in [5.74, 6) is 2.99. The predicted molar refractivity (Wildman–Crippen MR) is 92.1 cm³/mol. The Labute approximate surface area is 147 Å². The van der Waals surface area contributed by atoms with Gasteiger partial charge in [-0.2, -0.15) is 5.10 Å². The van der Waals surface area contributed by atoms with Crippen molar-refractivity contribution in [3.8, 4) is 0 Å². The van der Waals surface area contributed by atoms with Crippen LogP contribution >= 0.6 is 0 Å². The van der Waals surface area contributed by atoms with E-state index in [1.54, 1.807) is 7.11 Å². The fourth-order valence-electron chi connectivity index (χ4n) is 3.35. The maximum atomic E-state index is 12.6. The monoisotopic (exact) mass is 346 g/mol. The van der Waals surface area contributed by atoms with E-state index < -0.39 is 0 Å². The van der Waals surface area contributed by atoms with E-state index >= 15 is 0 Å². The number of hydrogen-bond donors (Lipinski definition) is 1. The van der Waals surface area contributed by atoms with Gasteiger partial charge in [0.05, 0.1) is 6.61 Å². The van der Waals surface area contributed by atoms with E-state index in [4.69, 9.17) is 4.74 Å². The second kappa shape index (κ2) is 8.24. The fraction of sp³-hybridized carbons (Fsp3) is 0.647. The lowest BCUT2D eigenvalue weighted by molar-refractivity contribution is -0.132. The van der Waals surface area contributed by atoms with E-state index in [0.29, 0.717) is 25.3 Å². The number of nitrogens with zero attached hydrogens (tertiary/aromatic N) is 5. The fourth-order valence-corrected chi connectivity index (χ4v) is 3.35. The molecule has 1 fully saturated rings. The first-order chi connectivity index (χ1) is 12.2. The number of aryl methyl sites for hydroxylation is 2. The van der Waals surface area contributed by atoms with Gasteiger partial charge in [0, 0.05) is 57.9 Å². The lowest BCUT2D eigenvalue weighted by Gasteiger charge is -2.32. The summed E-state index contributed by atoms with van der Waals surface area (Å²) in [4.78, 5) is 23.3. The average molecular weight is 346 g/mol. The molecule has 8 heteroatoms. The first kappa shape index (κ1) is 17.6. The van der Waals surface area contributed by atoms with Crippen LogP contribution in [0.25, 0.3) is 0 Å². The highest BCUT2D eigenvalue weighted by atomic mass is 16.5. The van der Waals surface area contributed by atoms with Crippen LogP contribution in [0.1, 0.15) is 42.7 Å². The molecule has 3 heterocycles. The van der Waals surface area contributed by atoms with Gasteiger partial charge < -0.3 is 14.2 Å². The molecule has 0 aromatic carbocycles. The number of amides is 1. The molecular formula is C17H26N6O2. The summed E-state index contributed by atoms with van der Waals surface area (Å²) in [6.45, 7) is 4.87. The summed E-state index contributed by atoms with van der Waals surface area (Å²) < 4.78 is 7.30. The van der Waals surface area contributed by atoms with Crippen molar-refractivity contribution in [1.29, 1.82) is 0 Å². The zero-order valence-corrected chi connectivity index (χ0v) is 14.9. The van der Waals surface area contributed by atoms with Gasteiger partial charge >= 0.3 is 0 Å². The highest BCUT2D eigenvalue weighted by Gasteiger charge is 2.27. The third kappa shape index (κ3) is 4.45. The molecule has 2 aromatic rings. The molecule has 1 N–H and O–H groups in total. The second-order valence-corrected chi connectivity index (χ2v) is 6.49. The van der Waals surface area contributed by atoms with Gasteiger partial charge in [-0.15, -0.1) is 0 Å². The number of piperidine rings is 1. The Hall–Kier alpha value is -2.22. The SMILES string of the molecule is COCCn1ccnc1[C@H]1CCCN(C(=O)CCc2n[nH]c(C)n2)C1. The van der Waals surface area contributed by atoms with Crippen molar-refractivity contribution < 1.29 is 9.53 Å². The topological polar surface area (TPSA) is 88.9 Å². The van der Waals surface area contributed by atoms with Gasteiger partial charge in [0.25, 0.3) is 0 Å². The molecule has 3 rings (SSSR count). The minimum Gasteiger partial charge on any atom is -0.383 e. The summed E-state index contributed by atoms with van der Waals surface area (Å²) in [5, 5.41) is 6.91. The minimum atomic E-state index is 0.169. The lowest BCUT2D eigenvalue weighted by Crippen LogP contribution is -2.40. The maximum Gasteiger partial charge on any atom is 0.223 e. The number of methoxy groups -OCH3 is 1. The zero-order chi connectivity index (χ0) is 17.6. The normalized spacial score (nSPS) is 17.8. The Kier molecular flexibility index (Phi) is 5.80. The largest absolute Gasteiger partial charge is 0.383 e. The predicted octanol–water partition coefficient (Wildman–Crippen LogP) is 1.29. The molecule has 1 saturated heterocycles. The average Bonchev–Trinajstić information content (AvgIpc) is 3.26. The second-order valence-electron chi connectivity index (χ2n) is 6.49. The first-order valence-electron chi connectivity index (χ1n) is 8.83. The van der Waals surface area contributed by atoms with Crippen molar-refractivity contribution >= 4 is 5.91 Å². The minimum absolute atomic E-state index is 0.169. The smallest absolute Gasteiger partial charge is 0.223 e. The molecule has 0 saturated carbocycles. The van der Waals surface area contributed by atoms with Crippen LogP contribution in [0.3, 0.4) is 0 Å². The summed E-state index contributed by atoms with van der Waals surface area (Å²) >= 11 is 0. The molecule has 1 aliphatic heterocycles. The number of carbonyl (C=O) groups is 1. The van der Waals surface area contributed by atoms with Gasteiger partial charge in [0.2, 0.25) is 5.91 Å².